The zero-order chi connectivity index (χ0) is 13.2. The van der Waals surface area contributed by atoms with E-state index in [4.69, 9.17) is 9.72 Å². The normalized spacial score (nSPS) is 20.6. The van der Waals surface area contributed by atoms with Crippen LogP contribution in [0.1, 0.15) is 11.7 Å². The molecule has 0 amide bonds. The molecule has 0 saturated carbocycles. The van der Waals surface area contributed by atoms with E-state index in [1.54, 1.807) is 7.11 Å². The maximum atomic E-state index is 5.24. The van der Waals surface area contributed by atoms with E-state index in [0.29, 0.717) is 6.04 Å². The molecule has 1 fully saturated rings. The molecule has 1 atom stereocenters. The van der Waals surface area contributed by atoms with Crippen LogP contribution in [0.25, 0.3) is 10.9 Å². The Balaban J connectivity index is 1.93. The second-order valence-corrected chi connectivity index (χ2v) is 5.06. The first-order valence-electron chi connectivity index (χ1n) is 6.63. The molecule has 1 N–H and O–H groups in total. The topological polar surface area (TPSA) is 37.4 Å². The van der Waals surface area contributed by atoms with Crippen molar-refractivity contribution in [1.82, 2.24) is 15.2 Å². The molecular formula is C15H19N3O. The summed E-state index contributed by atoms with van der Waals surface area (Å²) in [5.41, 5.74) is 2.14. The molecule has 2 heterocycles. The van der Waals surface area contributed by atoms with Gasteiger partial charge in [-0.1, -0.05) is 6.07 Å². The van der Waals surface area contributed by atoms with Gasteiger partial charge in [0, 0.05) is 25.0 Å². The van der Waals surface area contributed by atoms with Crippen LogP contribution >= 0.6 is 0 Å². The Morgan fingerprint density at radius 3 is 3.00 bits per heavy atom. The van der Waals surface area contributed by atoms with Gasteiger partial charge in [0.1, 0.15) is 5.75 Å². The number of methoxy groups -OCH3 is 1. The van der Waals surface area contributed by atoms with Gasteiger partial charge >= 0.3 is 0 Å². The van der Waals surface area contributed by atoms with Crippen LogP contribution in [0.5, 0.6) is 5.75 Å². The molecule has 1 aliphatic heterocycles. The molecule has 4 nitrogen and oxygen atoms in total. The number of likely N-dealkylation sites (N-methyl/N-ethyl adjacent to an activating group) is 1. The lowest BCUT2D eigenvalue weighted by Gasteiger charge is -2.30. The molecule has 3 rings (SSSR count). The summed E-state index contributed by atoms with van der Waals surface area (Å²) in [5.74, 6) is 0.873. The highest BCUT2D eigenvalue weighted by molar-refractivity contribution is 5.80. The number of benzene rings is 1. The summed E-state index contributed by atoms with van der Waals surface area (Å²) in [5, 5.41) is 4.64. The molecule has 1 aromatic heterocycles. The van der Waals surface area contributed by atoms with E-state index in [0.717, 1.165) is 42.0 Å². The Labute approximate surface area is 113 Å². The molecule has 0 spiro atoms. The molecule has 1 saturated heterocycles. The summed E-state index contributed by atoms with van der Waals surface area (Å²) in [6, 6.07) is 10.6. The Morgan fingerprint density at radius 2 is 2.21 bits per heavy atom. The van der Waals surface area contributed by atoms with Crippen molar-refractivity contribution in [2.24, 2.45) is 0 Å². The van der Waals surface area contributed by atoms with E-state index < -0.39 is 0 Å². The van der Waals surface area contributed by atoms with Crippen LogP contribution in [0.2, 0.25) is 0 Å². The van der Waals surface area contributed by atoms with Crippen molar-refractivity contribution in [3.63, 3.8) is 0 Å². The lowest BCUT2D eigenvalue weighted by atomic mass is 10.1. The van der Waals surface area contributed by atoms with E-state index in [1.165, 1.54) is 0 Å². The Kier molecular flexibility index (Phi) is 3.36. The van der Waals surface area contributed by atoms with Gasteiger partial charge in [0.15, 0.2) is 0 Å². The van der Waals surface area contributed by atoms with Gasteiger partial charge in [-0.2, -0.15) is 0 Å². The van der Waals surface area contributed by atoms with E-state index in [9.17, 15) is 0 Å². The van der Waals surface area contributed by atoms with Gasteiger partial charge in [-0.15, -0.1) is 0 Å². The summed E-state index contributed by atoms with van der Waals surface area (Å²) in [6.07, 6.45) is 0. The molecular weight excluding hydrogens is 238 g/mol. The van der Waals surface area contributed by atoms with Crippen molar-refractivity contribution in [2.45, 2.75) is 6.04 Å². The molecule has 1 aromatic carbocycles. The third kappa shape index (κ3) is 2.55. The minimum absolute atomic E-state index is 0.324. The molecule has 0 radical (unpaired) electrons. The lowest BCUT2D eigenvalue weighted by molar-refractivity contribution is 0.238. The molecule has 1 aliphatic rings. The maximum absolute atomic E-state index is 5.24. The number of hydrogen-bond donors (Lipinski definition) is 1. The van der Waals surface area contributed by atoms with E-state index in [2.05, 4.69) is 29.4 Å². The SMILES string of the molecule is COc1ccc2nc(C3CN(C)CCN3)ccc2c1. The van der Waals surface area contributed by atoms with Crippen LogP contribution in [0.4, 0.5) is 0 Å². The van der Waals surface area contributed by atoms with Gasteiger partial charge in [0.25, 0.3) is 0 Å². The van der Waals surface area contributed by atoms with Gasteiger partial charge < -0.3 is 15.0 Å². The van der Waals surface area contributed by atoms with Gasteiger partial charge in [0.2, 0.25) is 0 Å². The van der Waals surface area contributed by atoms with Crippen LogP contribution in [-0.2, 0) is 0 Å². The third-order valence-electron chi connectivity index (χ3n) is 3.65. The third-order valence-corrected chi connectivity index (χ3v) is 3.65. The monoisotopic (exact) mass is 257 g/mol. The Hall–Kier alpha value is -1.65. The zero-order valence-electron chi connectivity index (χ0n) is 11.4. The summed E-state index contributed by atoms with van der Waals surface area (Å²) in [6.45, 7) is 3.12. The fraction of sp³-hybridized carbons (Fsp3) is 0.400. The van der Waals surface area contributed by atoms with Gasteiger partial charge in [-0.3, -0.25) is 4.98 Å². The van der Waals surface area contributed by atoms with Crippen molar-refractivity contribution in [2.75, 3.05) is 33.8 Å². The first-order valence-corrected chi connectivity index (χ1v) is 6.63. The second-order valence-electron chi connectivity index (χ2n) is 5.06. The summed E-state index contributed by atoms with van der Waals surface area (Å²) < 4.78 is 5.24. The second kappa shape index (κ2) is 5.15. The van der Waals surface area contributed by atoms with Gasteiger partial charge in [-0.05, 0) is 31.3 Å². The van der Waals surface area contributed by atoms with Crippen molar-refractivity contribution in [3.8, 4) is 5.75 Å². The quantitative estimate of drug-likeness (QED) is 0.890. The van der Waals surface area contributed by atoms with E-state index in [-0.39, 0.29) is 0 Å². The fourth-order valence-corrected chi connectivity index (χ4v) is 2.54. The fourth-order valence-electron chi connectivity index (χ4n) is 2.54. The van der Waals surface area contributed by atoms with Crippen LogP contribution in [0.3, 0.4) is 0 Å². The van der Waals surface area contributed by atoms with Crippen molar-refractivity contribution >= 4 is 10.9 Å². The average molecular weight is 257 g/mol. The van der Waals surface area contributed by atoms with Crippen LogP contribution in [0, 0.1) is 0 Å². The van der Waals surface area contributed by atoms with Crippen molar-refractivity contribution < 1.29 is 4.74 Å². The zero-order valence-corrected chi connectivity index (χ0v) is 11.4. The molecule has 100 valence electrons. The minimum Gasteiger partial charge on any atom is -0.497 e. The summed E-state index contributed by atoms with van der Waals surface area (Å²) >= 11 is 0. The maximum Gasteiger partial charge on any atom is 0.119 e. The molecule has 0 aliphatic carbocycles. The van der Waals surface area contributed by atoms with Crippen LogP contribution in [-0.4, -0.2) is 43.7 Å². The molecule has 19 heavy (non-hydrogen) atoms. The first kappa shape index (κ1) is 12.4. The van der Waals surface area contributed by atoms with Crippen molar-refractivity contribution in [1.29, 1.82) is 0 Å². The lowest BCUT2D eigenvalue weighted by Crippen LogP contribution is -2.43. The summed E-state index contributed by atoms with van der Waals surface area (Å²) in [4.78, 5) is 7.10. The van der Waals surface area contributed by atoms with E-state index >= 15 is 0 Å². The highest BCUT2D eigenvalue weighted by atomic mass is 16.5. The number of nitrogens with one attached hydrogen (secondary N) is 1. The predicted octanol–water partition coefficient (Wildman–Crippen LogP) is 1.82. The standard InChI is InChI=1S/C15H19N3O/c1-18-8-7-16-15(10-18)14-5-3-11-9-12(19-2)4-6-13(11)17-14/h3-6,9,15-16H,7-8,10H2,1-2H3. The minimum atomic E-state index is 0.324. The van der Waals surface area contributed by atoms with E-state index in [1.807, 2.05) is 18.2 Å². The highest BCUT2D eigenvalue weighted by Crippen LogP contribution is 2.22. The number of fused-ring (bicyclic) bond motifs is 1. The first-order chi connectivity index (χ1) is 9.26. The molecule has 2 aromatic rings. The number of piperazine rings is 1. The van der Waals surface area contributed by atoms with Crippen molar-refractivity contribution in [3.05, 3.63) is 36.0 Å². The molecule has 1 unspecified atom stereocenters. The number of nitrogens with zero attached hydrogens (tertiary/aromatic N) is 2. The van der Waals surface area contributed by atoms with Crippen LogP contribution < -0.4 is 10.1 Å². The largest absolute Gasteiger partial charge is 0.497 e. The van der Waals surface area contributed by atoms with Gasteiger partial charge in [-0.25, -0.2) is 0 Å². The number of rotatable bonds is 2. The number of pyridine rings is 1. The smallest absolute Gasteiger partial charge is 0.119 e. The number of ether oxygens (including phenoxy) is 1. The molecule has 0 bridgehead atoms. The van der Waals surface area contributed by atoms with Crippen LogP contribution in [0.15, 0.2) is 30.3 Å². The Bertz CT molecular complexity index is 585. The number of aromatic nitrogens is 1. The molecule has 4 heteroatoms. The average Bonchev–Trinajstić information content (AvgIpc) is 2.46. The summed E-state index contributed by atoms with van der Waals surface area (Å²) in [7, 11) is 3.84. The van der Waals surface area contributed by atoms with Gasteiger partial charge in [0.05, 0.1) is 24.4 Å². The number of hydrogen-bond acceptors (Lipinski definition) is 4. The Morgan fingerprint density at radius 1 is 1.32 bits per heavy atom. The predicted molar refractivity (Wildman–Crippen MR) is 76.5 cm³/mol. The highest BCUT2D eigenvalue weighted by Gasteiger charge is 2.19.